The summed E-state index contributed by atoms with van der Waals surface area (Å²) in [5.74, 6) is 0. The summed E-state index contributed by atoms with van der Waals surface area (Å²) in [6.45, 7) is 4.85. The lowest BCUT2D eigenvalue weighted by Gasteiger charge is -2.22. The molecule has 1 aliphatic carbocycles. The molecule has 2 aromatic heterocycles. The van der Waals surface area contributed by atoms with Crippen molar-refractivity contribution in [1.29, 1.82) is 0 Å². The third-order valence-electron chi connectivity index (χ3n) is 14.6. The highest BCUT2D eigenvalue weighted by molar-refractivity contribution is 6.26. The zero-order valence-electron chi connectivity index (χ0n) is 36.2. The summed E-state index contributed by atoms with van der Waals surface area (Å²) < 4.78 is 5.02. The van der Waals surface area contributed by atoms with Gasteiger partial charge in [-0.3, -0.25) is 0 Å². The zero-order valence-corrected chi connectivity index (χ0v) is 36.2. The molecule has 0 fully saturated rings. The fraction of sp³-hybridized carbons (Fsp3) is 0.0476. The van der Waals surface area contributed by atoms with E-state index in [9.17, 15) is 0 Å². The highest BCUT2D eigenvalue weighted by Crippen LogP contribution is 2.53. The minimum absolute atomic E-state index is 0.255. The van der Waals surface area contributed by atoms with Crippen LogP contribution in [0.1, 0.15) is 25.0 Å². The highest BCUT2D eigenvalue weighted by Gasteiger charge is 2.37. The molecule has 2 heterocycles. The van der Waals surface area contributed by atoms with Gasteiger partial charge in [-0.05, 0) is 144 Å². The number of hydrogen-bond acceptors (Lipinski definition) is 0. The number of nitrogens with zero attached hydrogens (tertiary/aromatic N) is 2. The molecular weight excluding hydrogens is 785 g/mol. The van der Waals surface area contributed by atoms with Crippen molar-refractivity contribution >= 4 is 75.9 Å². The molecule has 65 heavy (non-hydrogen) atoms. The van der Waals surface area contributed by atoms with Crippen molar-refractivity contribution in [2.75, 3.05) is 0 Å². The molecule has 2 heteroatoms. The van der Waals surface area contributed by atoms with Crippen molar-refractivity contribution in [2.45, 2.75) is 19.3 Å². The summed E-state index contributed by atoms with van der Waals surface area (Å²) in [6.07, 6.45) is 0. The largest absolute Gasteiger partial charge is 0.309 e. The van der Waals surface area contributed by atoms with Gasteiger partial charge in [0.25, 0.3) is 0 Å². The lowest BCUT2D eigenvalue weighted by molar-refractivity contribution is 0.661. The quantitative estimate of drug-likeness (QED) is 0.156. The summed E-state index contributed by atoms with van der Waals surface area (Å²) in [7, 11) is 0. The van der Waals surface area contributed by atoms with Crippen LogP contribution in [0.2, 0.25) is 0 Å². The van der Waals surface area contributed by atoms with Crippen molar-refractivity contribution in [1.82, 2.24) is 9.13 Å². The van der Waals surface area contributed by atoms with Crippen LogP contribution in [0.3, 0.4) is 0 Å². The molecule has 1 aliphatic rings. The molecular formula is C63H42N2. The van der Waals surface area contributed by atoms with E-state index in [0.717, 1.165) is 5.69 Å². The SMILES string of the molecule is CC1(C)c2cc3c(cc2-c2cc4c5ccccc5n(-c5ccc6c7ccccc7c7ccccc7c6c5)c4cc21)c1ccccc1n3-c1cc(-c2ccccc2)cc(-c2ccccc2)c1. The maximum atomic E-state index is 2.51. The van der Waals surface area contributed by atoms with Gasteiger partial charge in [-0.15, -0.1) is 0 Å². The van der Waals surface area contributed by atoms with E-state index in [1.165, 1.54) is 126 Å². The van der Waals surface area contributed by atoms with Gasteiger partial charge < -0.3 is 9.13 Å². The van der Waals surface area contributed by atoms with Gasteiger partial charge in [-0.25, -0.2) is 0 Å². The van der Waals surface area contributed by atoms with Gasteiger partial charge in [-0.2, -0.15) is 0 Å². The molecule has 0 unspecified atom stereocenters. The summed E-state index contributed by atoms with van der Waals surface area (Å²) in [4.78, 5) is 0. The van der Waals surface area contributed by atoms with E-state index in [4.69, 9.17) is 0 Å². The molecule has 11 aromatic carbocycles. The van der Waals surface area contributed by atoms with E-state index in [0.29, 0.717) is 0 Å². The van der Waals surface area contributed by atoms with Crippen molar-refractivity contribution in [3.05, 3.63) is 230 Å². The predicted octanol–water partition coefficient (Wildman–Crippen LogP) is 17.0. The summed E-state index contributed by atoms with van der Waals surface area (Å²) in [5.41, 5.74) is 17.2. The molecule has 0 spiro atoms. The molecule has 0 amide bonds. The minimum atomic E-state index is -0.255. The van der Waals surface area contributed by atoms with Gasteiger partial charge in [0.15, 0.2) is 0 Å². The molecule has 2 nitrogen and oxygen atoms in total. The standard InChI is InChI=1S/C63H42N2/c1-63(2)57-37-61-55(50-25-13-15-27-59(50)64(61)43-29-30-49-47-23-10-9-21-45(47)46-22-11-12-24-48(46)52(49)34-43)35-53(57)54-36-56-51-26-14-16-28-60(51)65(62(56)38-58(54)63)44-32-41(39-17-5-3-6-18-39)31-42(33-44)40-19-7-4-8-20-40/h3-38H,1-2H3. The summed E-state index contributed by atoms with van der Waals surface area (Å²) >= 11 is 0. The number of fused-ring (bicyclic) bond motifs is 15. The average molecular weight is 827 g/mol. The highest BCUT2D eigenvalue weighted by atomic mass is 15.0. The van der Waals surface area contributed by atoms with Crippen LogP contribution in [-0.2, 0) is 5.41 Å². The van der Waals surface area contributed by atoms with Crippen LogP contribution in [0, 0.1) is 0 Å². The van der Waals surface area contributed by atoms with Gasteiger partial charge in [0.05, 0.1) is 22.1 Å². The Bertz CT molecular complexity index is 4030. The maximum Gasteiger partial charge on any atom is 0.0544 e. The van der Waals surface area contributed by atoms with Crippen molar-refractivity contribution < 1.29 is 0 Å². The van der Waals surface area contributed by atoms with Crippen molar-refractivity contribution in [3.63, 3.8) is 0 Å². The van der Waals surface area contributed by atoms with E-state index in [1.807, 2.05) is 0 Å². The normalized spacial score (nSPS) is 13.2. The second-order valence-corrected chi connectivity index (χ2v) is 18.5. The van der Waals surface area contributed by atoms with E-state index < -0.39 is 0 Å². The lowest BCUT2D eigenvalue weighted by atomic mass is 9.82. The molecule has 0 N–H and O–H groups in total. The second kappa shape index (κ2) is 13.4. The first kappa shape index (κ1) is 36.3. The number of aromatic nitrogens is 2. The molecule has 0 saturated carbocycles. The van der Waals surface area contributed by atoms with Crippen LogP contribution >= 0.6 is 0 Å². The third kappa shape index (κ3) is 5.17. The van der Waals surface area contributed by atoms with Crippen molar-refractivity contribution in [2.24, 2.45) is 0 Å². The van der Waals surface area contributed by atoms with E-state index in [2.05, 4.69) is 241 Å². The van der Waals surface area contributed by atoms with Gasteiger partial charge >= 0.3 is 0 Å². The van der Waals surface area contributed by atoms with Crippen LogP contribution in [0.4, 0.5) is 0 Å². The number of para-hydroxylation sites is 2. The van der Waals surface area contributed by atoms with Gasteiger partial charge in [0.2, 0.25) is 0 Å². The van der Waals surface area contributed by atoms with Crippen molar-refractivity contribution in [3.8, 4) is 44.8 Å². The lowest BCUT2D eigenvalue weighted by Crippen LogP contribution is -2.15. The van der Waals surface area contributed by atoms with Gasteiger partial charge in [0.1, 0.15) is 0 Å². The zero-order chi connectivity index (χ0) is 43.0. The Morgan fingerprint density at radius 2 is 0.662 bits per heavy atom. The van der Waals surface area contributed by atoms with E-state index >= 15 is 0 Å². The number of benzene rings is 11. The maximum absolute atomic E-state index is 2.51. The molecule has 0 radical (unpaired) electrons. The average Bonchev–Trinajstić information content (AvgIpc) is 3.95. The molecule has 14 rings (SSSR count). The van der Waals surface area contributed by atoms with Gasteiger partial charge in [-0.1, -0.05) is 166 Å². The monoisotopic (exact) mass is 826 g/mol. The van der Waals surface area contributed by atoms with E-state index in [1.54, 1.807) is 0 Å². The fourth-order valence-electron chi connectivity index (χ4n) is 11.6. The summed E-state index contributed by atoms with van der Waals surface area (Å²) in [6, 6.07) is 81.4. The third-order valence-corrected chi connectivity index (χ3v) is 14.6. The number of hydrogen-bond donors (Lipinski definition) is 0. The molecule has 0 bridgehead atoms. The first-order valence-electron chi connectivity index (χ1n) is 22.8. The Morgan fingerprint density at radius 1 is 0.262 bits per heavy atom. The van der Waals surface area contributed by atoms with Gasteiger partial charge in [0, 0.05) is 38.3 Å². The Morgan fingerprint density at radius 3 is 1.15 bits per heavy atom. The first-order chi connectivity index (χ1) is 32.0. The molecule has 0 aliphatic heterocycles. The Hall–Kier alpha value is -8.20. The number of rotatable bonds is 4. The van der Waals surface area contributed by atoms with Crippen LogP contribution in [0.15, 0.2) is 218 Å². The first-order valence-corrected chi connectivity index (χ1v) is 22.8. The van der Waals surface area contributed by atoms with Crippen LogP contribution < -0.4 is 0 Å². The van der Waals surface area contributed by atoms with E-state index in [-0.39, 0.29) is 5.41 Å². The topological polar surface area (TPSA) is 9.86 Å². The Labute approximate surface area is 376 Å². The predicted molar refractivity (Wildman–Crippen MR) is 276 cm³/mol. The molecule has 304 valence electrons. The minimum Gasteiger partial charge on any atom is -0.309 e. The second-order valence-electron chi connectivity index (χ2n) is 18.5. The molecule has 0 atom stereocenters. The fourth-order valence-corrected chi connectivity index (χ4v) is 11.6. The summed E-state index contributed by atoms with van der Waals surface area (Å²) in [5, 5.41) is 12.8. The van der Waals surface area contributed by atoms with Crippen LogP contribution in [0.25, 0.3) is 121 Å². The Kier molecular flexibility index (Phi) is 7.49. The molecule has 0 saturated heterocycles. The van der Waals surface area contributed by atoms with Crippen LogP contribution in [0.5, 0.6) is 0 Å². The molecule has 13 aromatic rings. The smallest absolute Gasteiger partial charge is 0.0544 e. The van der Waals surface area contributed by atoms with Crippen LogP contribution in [-0.4, -0.2) is 9.13 Å². The Balaban J connectivity index is 1.00.